The number of aromatic nitrogens is 2. The molecule has 0 aliphatic carbocycles. The fraction of sp³-hybridized carbons (Fsp3) is 0.526. The smallest absolute Gasteiger partial charge is 0.266 e. The van der Waals surface area contributed by atoms with Crippen LogP contribution in [0.2, 0.25) is 0 Å². The molecule has 0 radical (unpaired) electrons. The molecule has 1 aliphatic rings. The fourth-order valence-electron chi connectivity index (χ4n) is 3.53. The molecule has 0 saturated carbocycles. The molecule has 7 heteroatoms. The number of hydrogen-bond acceptors (Lipinski definition) is 5. The number of aryl methyl sites for hydroxylation is 2. The number of piperidine rings is 1. The van der Waals surface area contributed by atoms with Gasteiger partial charge < -0.3 is 9.73 Å². The van der Waals surface area contributed by atoms with Gasteiger partial charge in [-0.1, -0.05) is 6.42 Å². The van der Waals surface area contributed by atoms with E-state index >= 15 is 0 Å². The SMILES string of the molecule is Cc1cc(C(=O)NCC2CCCCN2CCn2ncccc2=O)c(C)o1. The molecule has 1 N–H and O–H groups in total. The van der Waals surface area contributed by atoms with Crippen LogP contribution in [0.1, 0.15) is 41.1 Å². The van der Waals surface area contributed by atoms with Crippen molar-refractivity contribution >= 4 is 5.91 Å². The van der Waals surface area contributed by atoms with Crippen molar-refractivity contribution in [2.75, 3.05) is 19.6 Å². The number of carbonyl (C=O) groups excluding carboxylic acids is 1. The normalized spacial score (nSPS) is 18.0. The number of carbonyl (C=O) groups is 1. The first-order chi connectivity index (χ1) is 12.5. The molecule has 1 fully saturated rings. The summed E-state index contributed by atoms with van der Waals surface area (Å²) >= 11 is 0. The lowest BCUT2D eigenvalue weighted by atomic mass is 10.0. The molecule has 1 atom stereocenters. The molecule has 1 amide bonds. The Bertz CT molecular complexity index is 811. The summed E-state index contributed by atoms with van der Waals surface area (Å²) < 4.78 is 6.92. The van der Waals surface area contributed by atoms with Gasteiger partial charge in [0.05, 0.1) is 12.1 Å². The molecule has 140 valence electrons. The van der Waals surface area contributed by atoms with E-state index in [4.69, 9.17) is 4.42 Å². The van der Waals surface area contributed by atoms with Gasteiger partial charge in [0.15, 0.2) is 0 Å². The quantitative estimate of drug-likeness (QED) is 0.851. The molecule has 3 rings (SSSR count). The van der Waals surface area contributed by atoms with Crippen molar-refractivity contribution in [1.29, 1.82) is 0 Å². The van der Waals surface area contributed by atoms with Crippen molar-refractivity contribution in [3.05, 3.63) is 51.8 Å². The molecule has 0 bridgehead atoms. The first-order valence-corrected chi connectivity index (χ1v) is 9.16. The summed E-state index contributed by atoms with van der Waals surface area (Å²) in [5, 5.41) is 7.15. The predicted molar refractivity (Wildman–Crippen MR) is 98.2 cm³/mol. The van der Waals surface area contributed by atoms with Crippen LogP contribution in [0.15, 0.2) is 33.6 Å². The number of amides is 1. The Morgan fingerprint density at radius 1 is 1.35 bits per heavy atom. The van der Waals surface area contributed by atoms with E-state index in [0.29, 0.717) is 24.4 Å². The molecule has 1 unspecified atom stereocenters. The van der Waals surface area contributed by atoms with E-state index in [0.717, 1.165) is 38.1 Å². The molecule has 2 aromatic heterocycles. The van der Waals surface area contributed by atoms with Crippen LogP contribution < -0.4 is 10.9 Å². The second-order valence-corrected chi connectivity index (χ2v) is 6.81. The molecule has 0 aromatic carbocycles. The Kier molecular flexibility index (Phi) is 5.88. The molecular weight excluding hydrogens is 332 g/mol. The van der Waals surface area contributed by atoms with E-state index in [1.807, 2.05) is 6.92 Å². The van der Waals surface area contributed by atoms with Crippen molar-refractivity contribution < 1.29 is 9.21 Å². The summed E-state index contributed by atoms with van der Waals surface area (Å²) in [4.78, 5) is 26.5. The minimum Gasteiger partial charge on any atom is -0.466 e. The third kappa shape index (κ3) is 4.40. The van der Waals surface area contributed by atoms with Crippen molar-refractivity contribution in [3.8, 4) is 0 Å². The number of nitrogens with zero attached hydrogens (tertiary/aromatic N) is 3. The molecule has 26 heavy (non-hydrogen) atoms. The lowest BCUT2D eigenvalue weighted by Crippen LogP contribution is -2.48. The molecule has 7 nitrogen and oxygen atoms in total. The molecular formula is C19H26N4O3. The number of hydrogen-bond donors (Lipinski definition) is 1. The van der Waals surface area contributed by atoms with Gasteiger partial charge in [0.25, 0.3) is 11.5 Å². The van der Waals surface area contributed by atoms with Gasteiger partial charge >= 0.3 is 0 Å². The van der Waals surface area contributed by atoms with Gasteiger partial charge in [0, 0.05) is 31.4 Å². The number of likely N-dealkylation sites (tertiary alicyclic amines) is 1. The van der Waals surface area contributed by atoms with E-state index in [-0.39, 0.29) is 17.5 Å². The van der Waals surface area contributed by atoms with Crippen LogP contribution >= 0.6 is 0 Å². The topological polar surface area (TPSA) is 80.4 Å². The van der Waals surface area contributed by atoms with Crippen LogP contribution in [0.5, 0.6) is 0 Å². The average molecular weight is 358 g/mol. The fourth-order valence-corrected chi connectivity index (χ4v) is 3.53. The van der Waals surface area contributed by atoms with Gasteiger partial charge in [-0.05, 0) is 45.4 Å². The Hall–Kier alpha value is -2.41. The zero-order valence-corrected chi connectivity index (χ0v) is 15.4. The van der Waals surface area contributed by atoms with Crippen molar-refractivity contribution in [2.24, 2.45) is 0 Å². The van der Waals surface area contributed by atoms with Crippen molar-refractivity contribution in [3.63, 3.8) is 0 Å². The maximum absolute atomic E-state index is 12.4. The van der Waals surface area contributed by atoms with Crippen LogP contribution in [0.25, 0.3) is 0 Å². The van der Waals surface area contributed by atoms with Gasteiger partial charge in [0.2, 0.25) is 0 Å². The monoisotopic (exact) mass is 358 g/mol. The highest BCUT2D eigenvalue weighted by Crippen LogP contribution is 2.17. The van der Waals surface area contributed by atoms with Gasteiger partial charge in [-0.2, -0.15) is 5.10 Å². The van der Waals surface area contributed by atoms with Crippen LogP contribution in [0.3, 0.4) is 0 Å². The average Bonchev–Trinajstić information content (AvgIpc) is 2.98. The summed E-state index contributed by atoms with van der Waals surface area (Å²) in [6.07, 6.45) is 4.97. The Morgan fingerprint density at radius 2 is 2.19 bits per heavy atom. The Labute approximate surface area is 153 Å². The van der Waals surface area contributed by atoms with Crippen LogP contribution in [0, 0.1) is 13.8 Å². The van der Waals surface area contributed by atoms with E-state index in [9.17, 15) is 9.59 Å². The van der Waals surface area contributed by atoms with E-state index in [2.05, 4.69) is 15.3 Å². The molecule has 2 aromatic rings. The summed E-state index contributed by atoms with van der Waals surface area (Å²) in [5.41, 5.74) is 0.519. The summed E-state index contributed by atoms with van der Waals surface area (Å²) in [7, 11) is 0. The highest BCUT2D eigenvalue weighted by atomic mass is 16.3. The lowest BCUT2D eigenvalue weighted by Gasteiger charge is -2.35. The third-order valence-electron chi connectivity index (χ3n) is 4.92. The van der Waals surface area contributed by atoms with E-state index in [1.54, 1.807) is 25.3 Å². The number of nitrogens with one attached hydrogen (secondary N) is 1. The summed E-state index contributed by atoms with van der Waals surface area (Å²) in [5.74, 6) is 1.30. The third-order valence-corrected chi connectivity index (χ3v) is 4.92. The van der Waals surface area contributed by atoms with Crippen LogP contribution in [-0.4, -0.2) is 46.3 Å². The summed E-state index contributed by atoms with van der Waals surface area (Å²) in [6, 6.07) is 5.23. The van der Waals surface area contributed by atoms with Crippen LogP contribution in [0.4, 0.5) is 0 Å². The first-order valence-electron chi connectivity index (χ1n) is 9.16. The van der Waals surface area contributed by atoms with E-state index in [1.165, 1.54) is 10.7 Å². The zero-order valence-electron chi connectivity index (χ0n) is 15.4. The zero-order chi connectivity index (χ0) is 18.5. The van der Waals surface area contributed by atoms with Gasteiger partial charge in [-0.15, -0.1) is 0 Å². The molecule has 0 spiro atoms. The minimum atomic E-state index is -0.0918. The molecule has 1 saturated heterocycles. The van der Waals surface area contributed by atoms with Crippen LogP contribution in [-0.2, 0) is 6.54 Å². The lowest BCUT2D eigenvalue weighted by molar-refractivity contribution is 0.0907. The van der Waals surface area contributed by atoms with Crippen molar-refractivity contribution in [2.45, 2.75) is 45.7 Å². The van der Waals surface area contributed by atoms with Gasteiger partial charge in [0.1, 0.15) is 11.5 Å². The highest BCUT2D eigenvalue weighted by molar-refractivity contribution is 5.95. The Morgan fingerprint density at radius 3 is 2.92 bits per heavy atom. The molecule has 1 aliphatic heterocycles. The highest BCUT2D eigenvalue weighted by Gasteiger charge is 2.23. The number of furan rings is 1. The Balaban J connectivity index is 1.57. The first kappa shape index (κ1) is 18.4. The number of rotatable bonds is 6. The maximum atomic E-state index is 12.4. The minimum absolute atomic E-state index is 0.0832. The second-order valence-electron chi connectivity index (χ2n) is 6.81. The van der Waals surface area contributed by atoms with Crippen molar-refractivity contribution in [1.82, 2.24) is 20.0 Å². The maximum Gasteiger partial charge on any atom is 0.266 e. The van der Waals surface area contributed by atoms with Gasteiger partial charge in [-0.25, -0.2) is 4.68 Å². The standard InChI is InChI=1S/C19H26N4O3/c1-14-12-17(15(2)26-14)19(25)20-13-16-6-3-4-9-22(16)10-11-23-18(24)7-5-8-21-23/h5,7-8,12,16H,3-4,6,9-11,13H2,1-2H3,(H,20,25). The second kappa shape index (κ2) is 8.31. The van der Waals surface area contributed by atoms with E-state index < -0.39 is 0 Å². The largest absolute Gasteiger partial charge is 0.466 e. The summed E-state index contributed by atoms with van der Waals surface area (Å²) in [6.45, 7) is 6.53. The van der Waals surface area contributed by atoms with Gasteiger partial charge in [-0.3, -0.25) is 14.5 Å². The molecule has 3 heterocycles. The predicted octanol–water partition coefficient (Wildman–Crippen LogP) is 1.74.